The molecule has 5 nitrogen and oxygen atoms in total. The van der Waals surface area contributed by atoms with E-state index in [1.807, 2.05) is 60.7 Å². The van der Waals surface area contributed by atoms with Crippen molar-refractivity contribution in [3.8, 4) is 0 Å². The third-order valence-corrected chi connectivity index (χ3v) is 4.79. The zero-order valence-corrected chi connectivity index (χ0v) is 16.8. The van der Waals surface area contributed by atoms with Crippen LogP contribution in [0.25, 0.3) is 23.3 Å². The van der Waals surface area contributed by atoms with Crippen molar-refractivity contribution in [1.82, 2.24) is 19.5 Å². The van der Waals surface area contributed by atoms with Gasteiger partial charge in [-0.2, -0.15) is 18.2 Å². The van der Waals surface area contributed by atoms with Gasteiger partial charge in [0.2, 0.25) is 5.95 Å². The molecule has 0 saturated heterocycles. The van der Waals surface area contributed by atoms with E-state index < -0.39 is 11.9 Å². The highest BCUT2D eigenvalue weighted by Crippen LogP contribution is 2.33. The number of hydrogen-bond donors (Lipinski definition) is 1. The lowest BCUT2D eigenvalue weighted by atomic mass is 10.1. The molecule has 0 aliphatic rings. The number of aryl methyl sites for hydroxylation is 1. The molecule has 0 fully saturated rings. The summed E-state index contributed by atoms with van der Waals surface area (Å²) in [5.74, 6) is 0.289. The summed E-state index contributed by atoms with van der Waals surface area (Å²) >= 11 is 0. The molecular formula is C23H20F3N5. The van der Waals surface area contributed by atoms with E-state index in [1.54, 1.807) is 19.2 Å². The van der Waals surface area contributed by atoms with Gasteiger partial charge in [0.1, 0.15) is 11.3 Å². The van der Waals surface area contributed by atoms with Crippen molar-refractivity contribution < 1.29 is 13.2 Å². The van der Waals surface area contributed by atoms with E-state index >= 15 is 0 Å². The van der Waals surface area contributed by atoms with Crippen LogP contribution in [0.1, 0.15) is 22.6 Å². The Hall–Kier alpha value is -3.68. The molecule has 0 bridgehead atoms. The molecule has 8 heteroatoms. The van der Waals surface area contributed by atoms with Crippen LogP contribution in [0.4, 0.5) is 19.1 Å². The maximum atomic E-state index is 13.7. The Morgan fingerprint density at radius 1 is 0.903 bits per heavy atom. The largest absolute Gasteiger partial charge is 0.435 e. The van der Waals surface area contributed by atoms with Crippen LogP contribution in [-0.4, -0.2) is 26.1 Å². The number of aromatic nitrogens is 4. The van der Waals surface area contributed by atoms with Gasteiger partial charge in [0, 0.05) is 13.6 Å². The molecule has 1 N–H and O–H groups in total. The third-order valence-electron chi connectivity index (χ3n) is 4.79. The summed E-state index contributed by atoms with van der Waals surface area (Å²) in [5.41, 5.74) is 0.796. The Kier molecular flexibility index (Phi) is 5.70. The van der Waals surface area contributed by atoms with E-state index in [9.17, 15) is 13.2 Å². The van der Waals surface area contributed by atoms with Crippen LogP contribution >= 0.6 is 0 Å². The molecule has 2 aromatic carbocycles. The topological polar surface area (TPSA) is 55.6 Å². The van der Waals surface area contributed by atoms with Crippen LogP contribution in [0.2, 0.25) is 0 Å². The van der Waals surface area contributed by atoms with Crippen molar-refractivity contribution in [2.75, 3.05) is 11.9 Å². The summed E-state index contributed by atoms with van der Waals surface area (Å²) in [5, 5.41) is 2.91. The highest BCUT2D eigenvalue weighted by atomic mass is 19.4. The molecule has 0 aliphatic heterocycles. The van der Waals surface area contributed by atoms with Gasteiger partial charge < -0.3 is 9.88 Å². The number of benzene rings is 2. The lowest BCUT2D eigenvalue weighted by Crippen LogP contribution is -2.14. The number of anilines is 1. The van der Waals surface area contributed by atoms with Crippen LogP contribution in [0.15, 0.2) is 60.7 Å². The van der Waals surface area contributed by atoms with E-state index in [0.717, 1.165) is 11.1 Å². The molecule has 2 heterocycles. The molecular weight excluding hydrogens is 403 g/mol. The Labute approximate surface area is 177 Å². The van der Waals surface area contributed by atoms with Gasteiger partial charge in [-0.05, 0) is 23.6 Å². The number of nitrogens with zero attached hydrogens (tertiary/aromatic N) is 4. The average molecular weight is 423 g/mol. The first-order chi connectivity index (χ1) is 14.9. The fourth-order valence-corrected chi connectivity index (χ4v) is 3.20. The quantitative estimate of drug-likeness (QED) is 0.463. The van der Waals surface area contributed by atoms with Gasteiger partial charge in [0.05, 0.1) is 0 Å². The van der Waals surface area contributed by atoms with Crippen molar-refractivity contribution in [3.05, 3.63) is 83.3 Å². The number of halogens is 3. The molecule has 4 aromatic rings. The van der Waals surface area contributed by atoms with E-state index in [1.165, 1.54) is 4.57 Å². The fraction of sp³-hybridized carbons (Fsp3) is 0.174. The molecule has 158 valence electrons. The Morgan fingerprint density at radius 3 is 2.26 bits per heavy atom. The molecule has 0 radical (unpaired) electrons. The van der Waals surface area contributed by atoms with Crippen LogP contribution in [0.5, 0.6) is 0 Å². The molecule has 0 saturated carbocycles. The third kappa shape index (κ3) is 4.74. The van der Waals surface area contributed by atoms with Gasteiger partial charge in [0.25, 0.3) is 0 Å². The SMILES string of the molecule is Cn1c(/C=C\c2ccccc2)nc2c(C(F)(F)F)nc(NCCc3ccccc3)nc21. The first-order valence-corrected chi connectivity index (χ1v) is 9.74. The number of hydrogen-bond acceptors (Lipinski definition) is 4. The average Bonchev–Trinajstić information content (AvgIpc) is 3.08. The monoisotopic (exact) mass is 423 g/mol. The van der Waals surface area contributed by atoms with Crippen molar-refractivity contribution >= 4 is 29.3 Å². The fourth-order valence-electron chi connectivity index (χ4n) is 3.20. The highest BCUT2D eigenvalue weighted by molar-refractivity contribution is 5.80. The summed E-state index contributed by atoms with van der Waals surface area (Å²) in [6, 6.07) is 19.1. The lowest BCUT2D eigenvalue weighted by molar-refractivity contribution is -0.139. The first kappa shape index (κ1) is 20.6. The predicted octanol–water partition coefficient (Wildman–Crippen LogP) is 5.21. The number of fused-ring (bicyclic) bond motifs is 1. The summed E-state index contributed by atoms with van der Waals surface area (Å²) < 4.78 is 42.6. The zero-order chi connectivity index (χ0) is 21.8. The van der Waals surface area contributed by atoms with E-state index in [2.05, 4.69) is 20.3 Å². The number of nitrogens with one attached hydrogen (secondary N) is 1. The van der Waals surface area contributed by atoms with Crippen LogP contribution in [-0.2, 0) is 19.6 Å². The summed E-state index contributed by atoms with van der Waals surface area (Å²) in [6.07, 6.45) is -0.549. The normalized spacial score (nSPS) is 12.0. The van der Waals surface area contributed by atoms with Crippen molar-refractivity contribution in [2.24, 2.45) is 7.05 Å². The molecule has 0 amide bonds. The standard InChI is InChI=1S/C23H20F3N5/c1-31-18(13-12-16-8-4-2-5-9-16)28-19-20(23(24,25)26)29-22(30-21(19)31)27-15-14-17-10-6-3-7-11-17/h2-13H,14-15H2,1H3,(H,27,29,30)/b13-12-. The second-order valence-electron chi connectivity index (χ2n) is 7.00. The molecule has 2 aromatic heterocycles. The lowest BCUT2D eigenvalue weighted by Gasteiger charge is -2.10. The Morgan fingerprint density at radius 2 is 1.58 bits per heavy atom. The van der Waals surface area contributed by atoms with Gasteiger partial charge in [0.15, 0.2) is 11.3 Å². The molecule has 0 aliphatic carbocycles. The second kappa shape index (κ2) is 8.59. The molecule has 0 unspecified atom stereocenters. The molecule has 4 rings (SSSR count). The maximum Gasteiger partial charge on any atom is 0.435 e. The number of imidazole rings is 1. The summed E-state index contributed by atoms with van der Waals surface area (Å²) in [7, 11) is 1.64. The molecule has 0 atom stereocenters. The van der Waals surface area contributed by atoms with Gasteiger partial charge in [-0.15, -0.1) is 0 Å². The number of alkyl halides is 3. The van der Waals surface area contributed by atoms with Crippen LogP contribution < -0.4 is 5.32 Å². The van der Waals surface area contributed by atoms with Gasteiger partial charge >= 0.3 is 6.18 Å². The molecule has 31 heavy (non-hydrogen) atoms. The zero-order valence-electron chi connectivity index (χ0n) is 16.8. The van der Waals surface area contributed by atoms with Gasteiger partial charge in [-0.25, -0.2) is 9.97 Å². The predicted molar refractivity (Wildman–Crippen MR) is 115 cm³/mol. The van der Waals surface area contributed by atoms with Gasteiger partial charge in [-0.1, -0.05) is 66.7 Å². The highest BCUT2D eigenvalue weighted by Gasteiger charge is 2.37. The summed E-state index contributed by atoms with van der Waals surface area (Å²) in [6.45, 7) is 0.408. The maximum absolute atomic E-state index is 13.7. The number of rotatable bonds is 6. The van der Waals surface area contributed by atoms with Crippen LogP contribution in [0.3, 0.4) is 0 Å². The summed E-state index contributed by atoms with van der Waals surface area (Å²) in [4.78, 5) is 12.2. The molecule has 0 spiro atoms. The minimum absolute atomic E-state index is 0.0719. The Bertz CT molecular complexity index is 1200. The van der Waals surface area contributed by atoms with Crippen molar-refractivity contribution in [1.29, 1.82) is 0 Å². The first-order valence-electron chi connectivity index (χ1n) is 9.74. The second-order valence-corrected chi connectivity index (χ2v) is 7.00. The van der Waals surface area contributed by atoms with E-state index in [-0.39, 0.29) is 17.1 Å². The smallest absolute Gasteiger partial charge is 0.354 e. The van der Waals surface area contributed by atoms with Crippen molar-refractivity contribution in [2.45, 2.75) is 12.6 Å². The Balaban J connectivity index is 1.65. The van der Waals surface area contributed by atoms with Crippen molar-refractivity contribution in [3.63, 3.8) is 0 Å². The van der Waals surface area contributed by atoms with Crippen LogP contribution in [0, 0.1) is 0 Å². The minimum atomic E-state index is -4.65. The van der Waals surface area contributed by atoms with Gasteiger partial charge in [-0.3, -0.25) is 0 Å². The van der Waals surface area contributed by atoms with E-state index in [0.29, 0.717) is 18.8 Å². The minimum Gasteiger partial charge on any atom is -0.354 e. The van der Waals surface area contributed by atoms with E-state index in [4.69, 9.17) is 0 Å².